The van der Waals surface area contributed by atoms with Gasteiger partial charge in [-0.2, -0.15) is 0 Å². The molecule has 0 spiro atoms. The zero-order valence-corrected chi connectivity index (χ0v) is 13.9. The smallest absolute Gasteiger partial charge is 0.338 e. The molecule has 7 nitrogen and oxygen atoms in total. The van der Waals surface area contributed by atoms with Gasteiger partial charge >= 0.3 is 5.97 Å². The van der Waals surface area contributed by atoms with Crippen molar-refractivity contribution in [1.29, 1.82) is 0 Å². The molecular formula is C17H20N4O3. The third kappa shape index (κ3) is 4.77. The number of ether oxygens (including phenoxy) is 1. The Balaban J connectivity index is 2.00. The standard InChI is InChI=1S/C17H20N4O3/c1-4-24-17(23)12-5-7-13(8-6-12)19-16(22)14-9-10-15(21-20-14)18-11(2)3/h5-11H,4H2,1-3H3,(H,18,21)(H,19,22). The third-order valence-corrected chi connectivity index (χ3v) is 2.99. The van der Waals surface area contributed by atoms with Gasteiger partial charge in [0.25, 0.3) is 5.91 Å². The Morgan fingerprint density at radius 2 is 1.79 bits per heavy atom. The molecule has 0 aliphatic rings. The summed E-state index contributed by atoms with van der Waals surface area (Å²) in [4.78, 5) is 23.7. The summed E-state index contributed by atoms with van der Waals surface area (Å²) in [6.45, 7) is 6.04. The molecule has 126 valence electrons. The van der Waals surface area contributed by atoms with E-state index in [0.717, 1.165) is 0 Å². The van der Waals surface area contributed by atoms with Crippen LogP contribution in [0.1, 0.15) is 41.6 Å². The summed E-state index contributed by atoms with van der Waals surface area (Å²) in [5.74, 6) is -0.155. The van der Waals surface area contributed by atoms with E-state index < -0.39 is 5.97 Å². The number of carbonyl (C=O) groups is 2. The summed E-state index contributed by atoms with van der Waals surface area (Å²) in [7, 11) is 0. The molecule has 0 atom stereocenters. The molecule has 1 amide bonds. The van der Waals surface area contributed by atoms with E-state index >= 15 is 0 Å². The Morgan fingerprint density at radius 3 is 2.33 bits per heavy atom. The summed E-state index contributed by atoms with van der Waals surface area (Å²) >= 11 is 0. The number of hydrogen-bond donors (Lipinski definition) is 2. The molecule has 1 heterocycles. The molecule has 24 heavy (non-hydrogen) atoms. The third-order valence-electron chi connectivity index (χ3n) is 2.99. The van der Waals surface area contributed by atoms with E-state index in [1.54, 1.807) is 43.3 Å². The van der Waals surface area contributed by atoms with Crippen molar-refractivity contribution in [3.63, 3.8) is 0 Å². The zero-order valence-electron chi connectivity index (χ0n) is 13.9. The summed E-state index contributed by atoms with van der Waals surface area (Å²) in [5.41, 5.74) is 1.19. The largest absolute Gasteiger partial charge is 0.462 e. The first kappa shape index (κ1) is 17.4. The molecule has 7 heteroatoms. The van der Waals surface area contributed by atoms with Gasteiger partial charge in [-0.1, -0.05) is 0 Å². The first-order valence-corrected chi connectivity index (χ1v) is 7.68. The van der Waals surface area contributed by atoms with Gasteiger partial charge in [-0.05, 0) is 57.2 Å². The molecule has 0 bridgehead atoms. The minimum absolute atomic E-state index is 0.207. The number of carbonyl (C=O) groups excluding carboxylic acids is 2. The van der Waals surface area contributed by atoms with Crippen LogP contribution in [0.4, 0.5) is 11.5 Å². The summed E-state index contributed by atoms with van der Waals surface area (Å²) in [6, 6.07) is 9.98. The predicted octanol–water partition coefficient (Wildman–Crippen LogP) is 2.73. The average Bonchev–Trinajstić information content (AvgIpc) is 2.56. The second-order valence-corrected chi connectivity index (χ2v) is 5.35. The normalized spacial score (nSPS) is 10.3. The van der Waals surface area contributed by atoms with Gasteiger partial charge in [0.05, 0.1) is 12.2 Å². The van der Waals surface area contributed by atoms with Crippen LogP contribution >= 0.6 is 0 Å². The number of esters is 1. The van der Waals surface area contributed by atoms with Gasteiger partial charge < -0.3 is 15.4 Å². The Bertz CT molecular complexity index is 697. The highest BCUT2D eigenvalue weighted by Crippen LogP contribution is 2.12. The zero-order chi connectivity index (χ0) is 17.5. The maximum atomic E-state index is 12.1. The van der Waals surface area contributed by atoms with E-state index in [2.05, 4.69) is 20.8 Å². The second kappa shape index (κ2) is 8.05. The van der Waals surface area contributed by atoms with Crippen molar-refractivity contribution in [2.24, 2.45) is 0 Å². The van der Waals surface area contributed by atoms with Crippen LogP contribution in [0.15, 0.2) is 36.4 Å². The Kier molecular flexibility index (Phi) is 5.83. The van der Waals surface area contributed by atoms with Gasteiger partial charge in [-0.15, -0.1) is 10.2 Å². The van der Waals surface area contributed by atoms with Crippen molar-refractivity contribution in [2.45, 2.75) is 26.8 Å². The molecular weight excluding hydrogens is 308 g/mol. The lowest BCUT2D eigenvalue weighted by Crippen LogP contribution is -2.16. The van der Waals surface area contributed by atoms with Crippen LogP contribution < -0.4 is 10.6 Å². The SMILES string of the molecule is CCOC(=O)c1ccc(NC(=O)c2ccc(NC(C)C)nn2)cc1. The van der Waals surface area contributed by atoms with Crippen molar-refractivity contribution in [2.75, 3.05) is 17.2 Å². The second-order valence-electron chi connectivity index (χ2n) is 5.35. The fraction of sp³-hybridized carbons (Fsp3) is 0.294. The van der Waals surface area contributed by atoms with Gasteiger partial charge in [0, 0.05) is 11.7 Å². The van der Waals surface area contributed by atoms with E-state index in [9.17, 15) is 9.59 Å². The molecule has 0 saturated heterocycles. The van der Waals surface area contributed by atoms with Gasteiger partial charge in [0.2, 0.25) is 0 Å². The van der Waals surface area contributed by atoms with Crippen molar-refractivity contribution in [1.82, 2.24) is 10.2 Å². The van der Waals surface area contributed by atoms with Crippen LogP contribution in [0.3, 0.4) is 0 Å². The molecule has 2 rings (SSSR count). The maximum absolute atomic E-state index is 12.1. The number of rotatable bonds is 6. The lowest BCUT2D eigenvalue weighted by atomic mass is 10.2. The van der Waals surface area contributed by atoms with Gasteiger partial charge in [-0.25, -0.2) is 4.79 Å². The highest BCUT2D eigenvalue weighted by molar-refractivity contribution is 6.03. The van der Waals surface area contributed by atoms with Gasteiger partial charge in [-0.3, -0.25) is 4.79 Å². The van der Waals surface area contributed by atoms with Crippen molar-refractivity contribution < 1.29 is 14.3 Å². The Morgan fingerprint density at radius 1 is 1.08 bits per heavy atom. The van der Waals surface area contributed by atoms with E-state index in [4.69, 9.17) is 4.74 Å². The van der Waals surface area contributed by atoms with E-state index in [-0.39, 0.29) is 17.6 Å². The molecule has 1 aromatic heterocycles. The van der Waals surface area contributed by atoms with Crippen LogP contribution in [0.2, 0.25) is 0 Å². The fourth-order valence-corrected chi connectivity index (χ4v) is 1.93. The quantitative estimate of drug-likeness (QED) is 0.792. The number of nitrogens with zero attached hydrogens (tertiary/aromatic N) is 2. The number of aromatic nitrogens is 2. The minimum atomic E-state index is -0.394. The van der Waals surface area contributed by atoms with E-state index in [1.165, 1.54) is 0 Å². The molecule has 0 radical (unpaired) electrons. The molecule has 0 aliphatic heterocycles. The van der Waals surface area contributed by atoms with Crippen molar-refractivity contribution in [3.8, 4) is 0 Å². The molecule has 0 saturated carbocycles. The molecule has 2 aromatic rings. The monoisotopic (exact) mass is 328 g/mol. The highest BCUT2D eigenvalue weighted by Gasteiger charge is 2.10. The Labute approximate surface area is 140 Å². The number of hydrogen-bond acceptors (Lipinski definition) is 6. The van der Waals surface area contributed by atoms with Gasteiger partial charge in [0.15, 0.2) is 5.69 Å². The summed E-state index contributed by atoms with van der Waals surface area (Å²) in [6.07, 6.45) is 0. The van der Waals surface area contributed by atoms with Crippen molar-refractivity contribution >= 4 is 23.4 Å². The number of benzene rings is 1. The maximum Gasteiger partial charge on any atom is 0.338 e. The molecule has 0 fully saturated rings. The van der Waals surface area contributed by atoms with Crippen LogP contribution in [-0.4, -0.2) is 34.7 Å². The number of nitrogens with one attached hydrogen (secondary N) is 2. The summed E-state index contributed by atoms with van der Waals surface area (Å²) < 4.78 is 4.91. The first-order chi connectivity index (χ1) is 11.5. The van der Waals surface area contributed by atoms with Crippen LogP contribution in [0, 0.1) is 0 Å². The van der Waals surface area contributed by atoms with E-state index in [1.807, 2.05) is 13.8 Å². The number of anilines is 2. The van der Waals surface area contributed by atoms with Gasteiger partial charge in [0.1, 0.15) is 5.82 Å². The molecule has 2 N–H and O–H groups in total. The van der Waals surface area contributed by atoms with Crippen LogP contribution in [-0.2, 0) is 4.74 Å². The lowest BCUT2D eigenvalue weighted by Gasteiger charge is -2.09. The molecule has 0 aliphatic carbocycles. The number of amides is 1. The predicted molar refractivity (Wildman–Crippen MR) is 91.1 cm³/mol. The summed E-state index contributed by atoms with van der Waals surface area (Å²) in [5, 5.41) is 13.7. The fourth-order valence-electron chi connectivity index (χ4n) is 1.93. The van der Waals surface area contributed by atoms with E-state index in [0.29, 0.717) is 23.7 Å². The highest BCUT2D eigenvalue weighted by atomic mass is 16.5. The Hall–Kier alpha value is -2.96. The average molecular weight is 328 g/mol. The van der Waals surface area contributed by atoms with Crippen LogP contribution in [0.25, 0.3) is 0 Å². The lowest BCUT2D eigenvalue weighted by molar-refractivity contribution is 0.0526. The molecule has 0 unspecified atom stereocenters. The first-order valence-electron chi connectivity index (χ1n) is 7.68. The topological polar surface area (TPSA) is 93.2 Å². The van der Waals surface area contributed by atoms with Crippen LogP contribution in [0.5, 0.6) is 0 Å². The molecule has 1 aromatic carbocycles. The minimum Gasteiger partial charge on any atom is -0.462 e. The van der Waals surface area contributed by atoms with Crippen molar-refractivity contribution in [3.05, 3.63) is 47.7 Å².